The van der Waals surface area contributed by atoms with Gasteiger partial charge in [0, 0.05) is 30.3 Å². The number of carbonyl (C=O) groups excluding carboxylic acids is 3. The molecule has 9 atom stereocenters. The Labute approximate surface area is 213 Å². The highest BCUT2D eigenvalue weighted by atomic mass is 16.6. The van der Waals surface area contributed by atoms with Gasteiger partial charge in [0.1, 0.15) is 11.7 Å². The van der Waals surface area contributed by atoms with Crippen LogP contribution in [0.5, 0.6) is 0 Å². The molecular weight excluding hydrogens is 460 g/mol. The zero-order valence-corrected chi connectivity index (χ0v) is 22.3. The van der Waals surface area contributed by atoms with Crippen LogP contribution in [0.2, 0.25) is 0 Å². The normalized spacial score (nSPS) is 47.4. The van der Waals surface area contributed by atoms with E-state index < -0.39 is 23.1 Å². The maximum atomic E-state index is 12.5. The second-order valence-electron chi connectivity index (χ2n) is 13.0. The summed E-state index contributed by atoms with van der Waals surface area (Å²) in [6.45, 7) is 12.6. The summed E-state index contributed by atoms with van der Waals surface area (Å²) in [6, 6.07) is 0. The summed E-state index contributed by atoms with van der Waals surface area (Å²) >= 11 is 0. The van der Waals surface area contributed by atoms with E-state index in [1.54, 1.807) is 6.08 Å². The molecule has 3 fully saturated rings. The van der Waals surface area contributed by atoms with Crippen molar-refractivity contribution < 1.29 is 33.7 Å². The lowest BCUT2D eigenvalue weighted by Crippen LogP contribution is -2.64. The van der Waals surface area contributed by atoms with Gasteiger partial charge in [-0.15, -0.1) is 0 Å². The molecule has 5 rings (SSSR count). The van der Waals surface area contributed by atoms with Crippen molar-refractivity contribution in [1.82, 2.24) is 0 Å². The summed E-state index contributed by atoms with van der Waals surface area (Å²) < 4.78 is 17.3. The molecule has 2 aliphatic heterocycles. The molecule has 5 aliphatic rings. The number of carbonyl (C=O) groups is 3. The molecular formula is C29H40O7. The van der Waals surface area contributed by atoms with Gasteiger partial charge in [0.15, 0.2) is 6.10 Å². The first-order valence-electron chi connectivity index (χ1n) is 13.4. The predicted octanol–water partition coefficient (Wildman–Crippen LogP) is 4.13. The Morgan fingerprint density at radius 2 is 1.83 bits per heavy atom. The van der Waals surface area contributed by atoms with Gasteiger partial charge in [-0.25, -0.2) is 9.59 Å². The minimum Gasteiger partial charge on any atom is -0.463 e. The molecule has 3 aliphatic carbocycles. The van der Waals surface area contributed by atoms with Crippen LogP contribution in [0.15, 0.2) is 23.8 Å². The number of aliphatic hydroxyl groups excluding tert-OH is 1. The Hall–Kier alpha value is -2.15. The topological polar surface area (TPSA) is 99.1 Å². The second kappa shape index (κ2) is 8.17. The van der Waals surface area contributed by atoms with E-state index in [1.807, 2.05) is 13.8 Å². The van der Waals surface area contributed by atoms with Crippen molar-refractivity contribution in [1.29, 1.82) is 0 Å². The van der Waals surface area contributed by atoms with Crippen LogP contribution in [-0.2, 0) is 28.6 Å². The van der Waals surface area contributed by atoms with E-state index >= 15 is 0 Å². The molecule has 2 saturated carbocycles. The van der Waals surface area contributed by atoms with E-state index in [4.69, 9.17) is 14.2 Å². The molecule has 0 spiro atoms. The van der Waals surface area contributed by atoms with Gasteiger partial charge in [0.2, 0.25) is 0 Å². The standard InChI is InChI=1S/C29H40O7/c1-16(30)35-23-14-22-26(2,3)36-24(32)10-12-28(22,5)21-9-11-27(4)18(7-8-20(27)29(21,23)6)17-13-19(31)25(33)34-15-17/h8,10,12,17-19,21-23,31H,7,9,11,13-15H2,1-6H3. The fraction of sp³-hybridized carbons (Fsp3) is 0.759. The van der Waals surface area contributed by atoms with Crippen LogP contribution in [0.4, 0.5) is 0 Å². The Bertz CT molecular complexity index is 1040. The largest absolute Gasteiger partial charge is 0.463 e. The predicted molar refractivity (Wildman–Crippen MR) is 131 cm³/mol. The van der Waals surface area contributed by atoms with E-state index in [2.05, 4.69) is 32.9 Å². The fourth-order valence-electron chi connectivity index (χ4n) is 9.31. The molecule has 7 nitrogen and oxygen atoms in total. The Kier molecular flexibility index (Phi) is 5.79. The number of esters is 3. The Balaban J connectivity index is 1.57. The third-order valence-electron chi connectivity index (χ3n) is 10.8. The number of hydrogen-bond donors (Lipinski definition) is 1. The molecule has 0 aromatic heterocycles. The maximum absolute atomic E-state index is 12.5. The van der Waals surface area contributed by atoms with Gasteiger partial charge in [0.05, 0.1) is 6.61 Å². The monoisotopic (exact) mass is 500 g/mol. The lowest BCUT2D eigenvalue weighted by atomic mass is 9.40. The number of aliphatic hydroxyl groups is 1. The fourth-order valence-corrected chi connectivity index (χ4v) is 9.31. The van der Waals surface area contributed by atoms with Crippen LogP contribution in [0.1, 0.15) is 73.6 Å². The number of ether oxygens (including phenoxy) is 3. The zero-order valence-electron chi connectivity index (χ0n) is 22.3. The first-order valence-corrected chi connectivity index (χ1v) is 13.4. The van der Waals surface area contributed by atoms with Gasteiger partial charge in [-0.05, 0) is 68.6 Å². The van der Waals surface area contributed by atoms with E-state index in [0.29, 0.717) is 19.4 Å². The van der Waals surface area contributed by atoms with Crippen molar-refractivity contribution >= 4 is 17.9 Å². The highest BCUT2D eigenvalue weighted by Crippen LogP contribution is 2.71. The third-order valence-corrected chi connectivity index (χ3v) is 10.8. The molecule has 198 valence electrons. The van der Waals surface area contributed by atoms with Gasteiger partial charge >= 0.3 is 17.9 Å². The van der Waals surface area contributed by atoms with Crippen molar-refractivity contribution in [3.63, 3.8) is 0 Å². The third kappa shape index (κ3) is 3.52. The van der Waals surface area contributed by atoms with Crippen LogP contribution in [0.25, 0.3) is 0 Å². The molecule has 1 N–H and O–H groups in total. The van der Waals surface area contributed by atoms with Crippen LogP contribution >= 0.6 is 0 Å². The van der Waals surface area contributed by atoms with E-state index in [1.165, 1.54) is 12.5 Å². The average Bonchev–Trinajstić information content (AvgIpc) is 3.10. The first-order chi connectivity index (χ1) is 16.7. The highest BCUT2D eigenvalue weighted by Gasteiger charge is 2.68. The molecule has 9 unspecified atom stereocenters. The van der Waals surface area contributed by atoms with Crippen LogP contribution in [0.3, 0.4) is 0 Å². The molecule has 1 saturated heterocycles. The molecule has 0 radical (unpaired) electrons. The van der Waals surface area contributed by atoms with Crippen LogP contribution in [-0.4, -0.2) is 47.4 Å². The summed E-state index contributed by atoms with van der Waals surface area (Å²) in [5.41, 5.74) is -0.285. The van der Waals surface area contributed by atoms with Crippen molar-refractivity contribution in [3.8, 4) is 0 Å². The molecule has 0 aromatic carbocycles. The molecule has 2 heterocycles. The summed E-state index contributed by atoms with van der Waals surface area (Å²) in [7, 11) is 0. The van der Waals surface area contributed by atoms with Gasteiger partial charge in [-0.1, -0.05) is 38.5 Å². The number of cyclic esters (lactones) is 2. The van der Waals surface area contributed by atoms with Crippen molar-refractivity contribution in [2.24, 2.45) is 39.9 Å². The first kappa shape index (κ1) is 25.5. The second-order valence-corrected chi connectivity index (χ2v) is 13.0. The zero-order chi connectivity index (χ0) is 26.3. The van der Waals surface area contributed by atoms with Gasteiger partial charge in [-0.2, -0.15) is 0 Å². The van der Waals surface area contributed by atoms with Gasteiger partial charge < -0.3 is 19.3 Å². The van der Waals surface area contributed by atoms with Crippen molar-refractivity contribution in [3.05, 3.63) is 23.8 Å². The minimum absolute atomic E-state index is 0.00909. The molecule has 36 heavy (non-hydrogen) atoms. The van der Waals surface area contributed by atoms with E-state index in [0.717, 1.165) is 19.3 Å². The molecule has 7 heteroatoms. The Morgan fingerprint density at radius 3 is 2.50 bits per heavy atom. The molecule has 0 aromatic rings. The van der Waals surface area contributed by atoms with Crippen molar-refractivity contribution in [2.75, 3.05) is 6.61 Å². The maximum Gasteiger partial charge on any atom is 0.334 e. The summed E-state index contributed by atoms with van der Waals surface area (Å²) in [6.07, 6.45) is 8.31. The van der Waals surface area contributed by atoms with Crippen LogP contribution < -0.4 is 0 Å². The van der Waals surface area contributed by atoms with Gasteiger partial charge in [0.25, 0.3) is 0 Å². The van der Waals surface area contributed by atoms with Crippen molar-refractivity contribution in [2.45, 2.75) is 91.5 Å². The Morgan fingerprint density at radius 1 is 1.11 bits per heavy atom. The highest BCUT2D eigenvalue weighted by molar-refractivity contribution is 5.83. The lowest BCUT2D eigenvalue weighted by Gasteiger charge is -2.65. The number of fused-ring (bicyclic) bond motifs is 5. The summed E-state index contributed by atoms with van der Waals surface area (Å²) in [5, 5.41) is 10.2. The summed E-state index contributed by atoms with van der Waals surface area (Å²) in [4.78, 5) is 36.7. The van der Waals surface area contributed by atoms with Crippen LogP contribution in [0, 0.1) is 39.9 Å². The lowest BCUT2D eigenvalue weighted by molar-refractivity contribution is -0.201. The minimum atomic E-state index is -1.07. The number of hydrogen-bond acceptors (Lipinski definition) is 7. The molecule has 0 bridgehead atoms. The summed E-state index contributed by atoms with van der Waals surface area (Å²) in [5.74, 6) is -0.698. The number of rotatable bonds is 2. The smallest absolute Gasteiger partial charge is 0.334 e. The quantitative estimate of drug-likeness (QED) is 0.346. The van der Waals surface area contributed by atoms with Gasteiger partial charge in [-0.3, -0.25) is 4.79 Å². The van der Waals surface area contributed by atoms with E-state index in [9.17, 15) is 19.5 Å². The number of allylic oxidation sites excluding steroid dienone is 2. The SMILES string of the molecule is CC(=O)OC1CC2C(C)(C)OC(=O)C=CC2(C)C2CCC3(C)C(=CCC3C3COC(=O)C(O)C3)C12C. The van der Waals surface area contributed by atoms with E-state index in [-0.39, 0.29) is 52.5 Å². The average molecular weight is 501 g/mol. The molecule has 0 amide bonds.